The first-order chi connectivity index (χ1) is 12.5. The van der Waals surface area contributed by atoms with E-state index in [1.54, 1.807) is 17.5 Å². The molecule has 0 atom stereocenters. The topological polar surface area (TPSA) is 64.1 Å². The lowest BCUT2D eigenvalue weighted by Gasteiger charge is -2.12. The zero-order valence-electron chi connectivity index (χ0n) is 15.1. The average Bonchev–Trinajstić information content (AvgIpc) is 2.93. The first-order valence-electron chi connectivity index (χ1n) is 8.40. The minimum Gasteiger partial charge on any atom is -0.438 e. The molecule has 134 valence electrons. The summed E-state index contributed by atoms with van der Waals surface area (Å²) in [6, 6.07) is 11.5. The zero-order valence-corrected chi connectivity index (χ0v) is 15.9. The number of ether oxygens (including phenoxy) is 1. The van der Waals surface area contributed by atoms with E-state index in [1.165, 1.54) is 0 Å². The van der Waals surface area contributed by atoms with Crippen molar-refractivity contribution in [1.82, 2.24) is 15.3 Å². The van der Waals surface area contributed by atoms with Gasteiger partial charge in [0.2, 0.25) is 11.8 Å². The fourth-order valence-corrected chi connectivity index (χ4v) is 3.50. The number of para-hydroxylation sites is 1. The van der Waals surface area contributed by atoms with E-state index in [1.807, 2.05) is 57.2 Å². The number of hydrogen-bond donors (Lipinski definition) is 1. The molecule has 2 aromatic heterocycles. The van der Waals surface area contributed by atoms with Gasteiger partial charge < -0.3 is 10.1 Å². The molecule has 5 nitrogen and oxygen atoms in total. The highest BCUT2D eigenvalue weighted by Crippen LogP contribution is 2.25. The van der Waals surface area contributed by atoms with Crippen LogP contribution in [-0.4, -0.2) is 15.9 Å². The van der Waals surface area contributed by atoms with Gasteiger partial charge in [-0.05, 0) is 38.5 Å². The normalized spacial score (nSPS) is 10.6. The van der Waals surface area contributed by atoms with Crippen LogP contribution in [0, 0.1) is 20.8 Å². The fourth-order valence-electron chi connectivity index (χ4n) is 2.57. The Morgan fingerprint density at radius 3 is 2.69 bits per heavy atom. The maximum absolute atomic E-state index is 12.3. The number of nitrogens with zero attached hydrogens (tertiary/aromatic N) is 2. The van der Waals surface area contributed by atoms with Gasteiger partial charge >= 0.3 is 0 Å². The molecule has 0 saturated heterocycles. The number of aromatic nitrogens is 2. The second-order valence-corrected chi connectivity index (χ2v) is 7.32. The Kier molecular flexibility index (Phi) is 5.63. The minimum absolute atomic E-state index is 0.0394. The van der Waals surface area contributed by atoms with Crippen LogP contribution in [0.3, 0.4) is 0 Å². The molecule has 1 amide bonds. The Morgan fingerprint density at radius 1 is 1.15 bits per heavy atom. The Hall–Kier alpha value is -2.73. The van der Waals surface area contributed by atoms with Gasteiger partial charge in [0.25, 0.3) is 0 Å². The van der Waals surface area contributed by atoms with Crippen LogP contribution in [-0.2, 0) is 17.8 Å². The predicted molar refractivity (Wildman–Crippen MR) is 103 cm³/mol. The molecule has 1 N–H and O–H groups in total. The number of thiazole rings is 1. The van der Waals surface area contributed by atoms with Crippen LogP contribution >= 0.6 is 11.3 Å². The number of carbonyl (C=O) groups excluding carboxylic acids is 1. The third-order valence-corrected chi connectivity index (χ3v) is 5.02. The number of hydrogen-bond acceptors (Lipinski definition) is 5. The number of pyridine rings is 1. The van der Waals surface area contributed by atoms with E-state index < -0.39 is 0 Å². The molecule has 1 aromatic carbocycles. The van der Waals surface area contributed by atoms with Crippen LogP contribution in [0.5, 0.6) is 11.6 Å². The Morgan fingerprint density at radius 2 is 1.96 bits per heavy atom. The Balaban J connectivity index is 1.66. The molecule has 0 radical (unpaired) electrons. The smallest absolute Gasteiger partial charge is 0.225 e. The number of carbonyl (C=O) groups is 1. The van der Waals surface area contributed by atoms with Crippen molar-refractivity contribution in [3.63, 3.8) is 0 Å². The van der Waals surface area contributed by atoms with Gasteiger partial charge in [-0.2, -0.15) is 0 Å². The molecule has 0 fully saturated rings. The number of benzene rings is 1. The van der Waals surface area contributed by atoms with Crippen molar-refractivity contribution in [1.29, 1.82) is 0 Å². The van der Waals surface area contributed by atoms with E-state index in [9.17, 15) is 4.79 Å². The molecule has 0 bridgehead atoms. The van der Waals surface area contributed by atoms with Crippen molar-refractivity contribution in [2.75, 3.05) is 0 Å². The van der Waals surface area contributed by atoms with Crippen molar-refractivity contribution in [2.45, 2.75) is 33.7 Å². The van der Waals surface area contributed by atoms with Gasteiger partial charge in [0.15, 0.2) is 0 Å². The molecule has 3 aromatic rings. The maximum Gasteiger partial charge on any atom is 0.225 e. The summed E-state index contributed by atoms with van der Waals surface area (Å²) in [5.41, 5.74) is 2.79. The van der Waals surface area contributed by atoms with Crippen molar-refractivity contribution in [2.24, 2.45) is 0 Å². The van der Waals surface area contributed by atoms with E-state index in [-0.39, 0.29) is 5.91 Å². The third kappa shape index (κ3) is 4.46. The van der Waals surface area contributed by atoms with Crippen LogP contribution in [0.25, 0.3) is 0 Å². The predicted octanol–water partition coefficient (Wildman–Crippen LogP) is 4.11. The lowest BCUT2D eigenvalue weighted by molar-refractivity contribution is -0.120. The standard InChI is InChI=1S/C20H21N3O2S/c1-13-7-4-5-9-17(13)25-20-16(8-6-10-21-20)12-22-19(24)11-18-14(2)23-15(3)26-18/h4-10H,11-12H2,1-3H3,(H,22,24). The summed E-state index contributed by atoms with van der Waals surface area (Å²) in [4.78, 5) is 22.0. The summed E-state index contributed by atoms with van der Waals surface area (Å²) in [6.45, 7) is 6.23. The molecular formula is C20H21N3O2S. The van der Waals surface area contributed by atoms with E-state index in [0.717, 1.165) is 32.5 Å². The van der Waals surface area contributed by atoms with Crippen LogP contribution < -0.4 is 10.1 Å². The van der Waals surface area contributed by atoms with Gasteiger partial charge in [0, 0.05) is 23.2 Å². The number of nitrogens with one attached hydrogen (secondary N) is 1. The second-order valence-electron chi connectivity index (χ2n) is 6.03. The number of aryl methyl sites for hydroxylation is 3. The lowest BCUT2D eigenvalue weighted by atomic mass is 10.2. The van der Waals surface area contributed by atoms with E-state index in [4.69, 9.17) is 4.74 Å². The largest absolute Gasteiger partial charge is 0.438 e. The van der Waals surface area contributed by atoms with Crippen molar-refractivity contribution >= 4 is 17.2 Å². The Labute approximate surface area is 157 Å². The van der Waals surface area contributed by atoms with Gasteiger partial charge in [-0.1, -0.05) is 24.3 Å². The summed E-state index contributed by atoms with van der Waals surface area (Å²) < 4.78 is 5.94. The fraction of sp³-hybridized carbons (Fsp3) is 0.250. The summed E-state index contributed by atoms with van der Waals surface area (Å²) >= 11 is 1.56. The molecule has 2 heterocycles. The first kappa shape index (κ1) is 18.1. The summed E-state index contributed by atoms with van der Waals surface area (Å²) in [6.07, 6.45) is 2.02. The molecule has 3 rings (SSSR count). The van der Waals surface area contributed by atoms with E-state index in [2.05, 4.69) is 15.3 Å². The van der Waals surface area contributed by atoms with Gasteiger partial charge in [-0.15, -0.1) is 11.3 Å². The van der Waals surface area contributed by atoms with Crippen LogP contribution in [0.4, 0.5) is 0 Å². The SMILES string of the molecule is Cc1nc(C)c(CC(=O)NCc2cccnc2Oc2ccccc2C)s1. The molecule has 0 aliphatic carbocycles. The highest BCUT2D eigenvalue weighted by molar-refractivity contribution is 7.11. The molecule has 0 unspecified atom stereocenters. The Bertz CT molecular complexity index is 921. The number of amides is 1. The van der Waals surface area contributed by atoms with Crippen LogP contribution in [0.1, 0.15) is 26.7 Å². The van der Waals surface area contributed by atoms with Crippen molar-refractivity contribution < 1.29 is 9.53 Å². The van der Waals surface area contributed by atoms with Crippen molar-refractivity contribution in [3.05, 3.63) is 69.3 Å². The molecule has 0 saturated carbocycles. The summed E-state index contributed by atoms with van der Waals surface area (Å²) in [5.74, 6) is 1.23. The number of rotatable bonds is 6. The van der Waals surface area contributed by atoms with Gasteiger partial charge in [-0.3, -0.25) is 4.79 Å². The van der Waals surface area contributed by atoms with Crippen LogP contribution in [0.2, 0.25) is 0 Å². The maximum atomic E-state index is 12.3. The molecular weight excluding hydrogens is 346 g/mol. The van der Waals surface area contributed by atoms with E-state index >= 15 is 0 Å². The van der Waals surface area contributed by atoms with E-state index in [0.29, 0.717) is 18.8 Å². The molecule has 0 aliphatic heterocycles. The minimum atomic E-state index is -0.0394. The highest BCUT2D eigenvalue weighted by atomic mass is 32.1. The van der Waals surface area contributed by atoms with Crippen LogP contribution in [0.15, 0.2) is 42.6 Å². The average molecular weight is 367 g/mol. The second kappa shape index (κ2) is 8.10. The lowest BCUT2D eigenvalue weighted by Crippen LogP contribution is -2.24. The monoisotopic (exact) mass is 367 g/mol. The zero-order chi connectivity index (χ0) is 18.5. The van der Waals surface area contributed by atoms with Gasteiger partial charge in [0.05, 0.1) is 17.1 Å². The van der Waals surface area contributed by atoms with Gasteiger partial charge in [-0.25, -0.2) is 9.97 Å². The summed E-state index contributed by atoms with van der Waals surface area (Å²) in [5, 5.41) is 3.92. The first-order valence-corrected chi connectivity index (χ1v) is 9.21. The van der Waals surface area contributed by atoms with Crippen molar-refractivity contribution in [3.8, 4) is 11.6 Å². The van der Waals surface area contributed by atoms with Gasteiger partial charge in [0.1, 0.15) is 5.75 Å². The molecule has 6 heteroatoms. The molecule has 26 heavy (non-hydrogen) atoms. The molecule has 0 spiro atoms. The third-order valence-electron chi connectivity index (χ3n) is 3.95. The highest BCUT2D eigenvalue weighted by Gasteiger charge is 2.12. The molecule has 0 aliphatic rings. The quantitative estimate of drug-likeness (QED) is 0.712. The summed E-state index contributed by atoms with van der Waals surface area (Å²) in [7, 11) is 0.